The number of aliphatic hydroxyl groups excluding tert-OH is 1. The number of nitrogens with one attached hydrogen (secondary N) is 4. The normalized spacial score (nSPS) is 18.1. The highest BCUT2D eigenvalue weighted by Crippen LogP contribution is 2.39. The van der Waals surface area contributed by atoms with E-state index in [0.717, 1.165) is 5.52 Å². The van der Waals surface area contributed by atoms with Crippen LogP contribution in [0.2, 0.25) is 0 Å². The molecule has 11 heteroatoms. The fraction of sp³-hybridized carbons (Fsp3) is 0.188. The third-order valence-electron chi connectivity index (χ3n) is 7.92. The van der Waals surface area contributed by atoms with Gasteiger partial charge in [-0.1, -0.05) is 42.5 Å². The summed E-state index contributed by atoms with van der Waals surface area (Å²) in [6.45, 7) is 2.46. The van der Waals surface area contributed by atoms with Crippen molar-refractivity contribution in [3.8, 4) is 0 Å². The Hall–Kier alpha value is -5.26. The van der Waals surface area contributed by atoms with Crippen LogP contribution in [0, 0.1) is 5.41 Å². The molecule has 0 aliphatic carbocycles. The second-order valence-corrected chi connectivity index (χ2v) is 10.9. The molecular formula is C32H30N8O3. The number of hydrogen-bond acceptors (Lipinski definition) is 6. The van der Waals surface area contributed by atoms with E-state index in [1.165, 1.54) is 16.3 Å². The third-order valence-corrected chi connectivity index (χ3v) is 7.92. The van der Waals surface area contributed by atoms with E-state index in [0.29, 0.717) is 52.4 Å². The Morgan fingerprint density at radius 3 is 2.81 bits per heavy atom. The Bertz CT molecular complexity index is 2040. The van der Waals surface area contributed by atoms with Crippen molar-refractivity contribution in [1.82, 2.24) is 24.8 Å². The van der Waals surface area contributed by atoms with Gasteiger partial charge in [0.2, 0.25) is 0 Å². The predicted molar refractivity (Wildman–Crippen MR) is 165 cm³/mol. The van der Waals surface area contributed by atoms with Crippen molar-refractivity contribution in [2.24, 2.45) is 5.73 Å². The summed E-state index contributed by atoms with van der Waals surface area (Å²) in [6.07, 6.45) is -0.417. The zero-order chi connectivity index (χ0) is 29.7. The highest BCUT2D eigenvalue weighted by Gasteiger charge is 2.44. The predicted octanol–water partition coefficient (Wildman–Crippen LogP) is 3.96. The van der Waals surface area contributed by atoms with Gasteiger partial charge in [-0.15, -0.1) is 0 Å². The highest BCUT2D eigenvalue weighted by molar-refractivity contribution is 5.97. The van der Waals surface area contributed by atoms with Crippen molar-refractivity contribution in [3.63, 3.8) is 0 Å². The topological polar surface area (TPSA) is 167 Å². The molecule has 0 fully saturated rings. The second kappa shape index (κ2) is 10.2. The SMILES string of the molecule is CC1(c2nc3cc(NC(=N)N)ccc3[nH]2)OC(O)Cn2c1nc1ccc(C(=O)NCCc3cccc4ccccc34)cc12. The summed E-state index contributed by atoms with van der Waals surface area (Å²) >= 11 is 0. The lowest BCUT2D eigenvalue weighted by Gasteiger charge is -2.35. The Morgan fingerprint density at radius 2 is 1.95 bits per heavy atom. The third kappa shape index (κ3) is 4.74. The van der Waals surface area contributed by atoms with E-state index in [1.54, 1.807) is 31.2 Å². The van der Waals surface area contributed by atoms with Crippen LogP contribution in [0.15, 0.2) is 78.9 Å². The molecule has 11 nitrogen and oxygen atoms in total. The van der Waals surface area contributed by atoms with Crippen LogP contribution >= 0.6 is 0 Å². The average Bonchev–Trinajstić information content (AvgIpc) is 3.59. The molecule has 0 bridgehead atoms. The average molecular weight is 575 g/mol. The van der Waals surface area contributed by atoms with Gasteiger partial charge in [-0.2, -0.15) is 0 Å². The maximum Gasteiger partial charge on any atom is 0.251 e. The molecule has 7 rings (SSSR count). The fourth-order valence-corrected chi connectivity index (χ4v) is 5.88. The van der Waals surface area contributed by atoms with E-state index in [1.807, 2.05) is 34.9 Å². The first-order valence-corrected chi connectivity index (χ1v) is 14.0. The largest absolute Gasteiger partial charge is 0.370 e. The molecule has 3 heterocycles. The number of hydrogen-bond donors (Lipinski definition) is 6. The summed E-state index contributed by atoms with van der Waals surface area (Å²) < 4.78 is 7.95. The molecule has 7 N–H and O–H groups in total. The van der Waals surface area contributed by atoms with Crippen molar-refractivity contribution in [2.45, 2.75) is 31.8 Å². The number of carbonyl (C=O) groups excluding carboxylic acids is 1. The van der Waals surface area contributed by atoms with E-state index in [-0.39, 0.29) is 18.4 Å². The molecule has 2 atom stereocenters. The number of carbonyl (C=O) groups is 1. The minimum atomic E-state index is -1.20. The lowest BCUT2D eigenvalue weighted by Crippen LogP contribution is -2.43. The Morgan fingerprint density at radius 1 is 1.12 bits per heavy atom. The molecule has 1 aliphatic rings. The molecule has 1 aliphatic heterocycles. The molecule has 0 saturated heterocycles. The van der Waals surface area contributed by atoms with Crippen molar-refractivity contribution < 1.29 is 14.6 Å². The molecule has 2 aromatic heterocycles. The molecule has 1 amide bonds. The number of ether oxygens (including phenoxy) is 1. The first-order valence-electron chi connectivity index (χ1n) is 14.0. The number of aliphatic hydroxyl groups is 1. The van der Waals surface area contributed by atoms with Crippen molar-refractivity contribution in [3.05, 3.63) is 102 Å². The minimum Gasteiger partial charge on any atom is -0.370 e. The van der Waals surface area contributed by atoms with Gasteiger partial charge in [-0.25, -0.2) is 9.97 Å². The Balaban J connectivity index is 1.16. The summed E-state index contributed by atoms with van der Waals surface area (Å²) in [5.74, 6) is 0.666. The zero-order valence-corrected chi connectivity index (χ0v) is 23.4. The van der Waals surface area contributed by atoms with E-state index in [4.69, 9.17) is 25.8 Å². The van der Waals surface area contributed by atoms with Crippen LogP contribution in [0.1, 0.15) is 34.5 Å². The fourth-order valence-electron chi connectivity index (χ4n) is 5.88. The molecular weight excluding hydrogens is 544 g/mol. The molecule has 0 saturated carbocycles. The molecule has 43 heavy (non-hydrogen) atoms. The van der Waals surface area contributed by atoms with Crippen molar-refractivity contribution >= 4 is 50.4 Å². The van der Waals surface area contributed by atoms with Crippen LogP contribution in [0.4, 0.5) is 5.69 Å². The summed E-state index contributed by atoms with van der Waals surface area (Å²) in [4.78, 5) is 26.1. The minimum absolute atomic E-state index is 0.153. The second-order valence-electron chi connectivity index (χ2n) is 10.9. The molecule has 4 aromatic carbocycles. The number of amides is 1. The number of benzene rings is 4. The van der Waals surface area contributed by atoms with Gasteiger partial charge >= 0.3 is 0 Å². The molecule has 2 unspecified atom stereocenters. The van der Waals surface area contributed by atoms with Crippen LogP contribution < -0.4 is 16.4 Å². The standard InChI is InChI=1S/C32H30N8O3/c1-32(29-37-23-12-10-21(36-31(33)34)16-25(23)38-29)30-39-24-11-9-20(15-26(24)40(30)17-27(41)43-32)28(42)35-14-13-19-7-4-6-18-5-2-3-8-22(18)19/h2-12,15-16,27,41H,13-14,17H2,1H3,(H,35,42)(H,37,38)(H4,33,34,36). The summed E-state index contributed by atoms with van der Waals surface area (Å²) in [5, 5.41) is 26.5. The Labute approximate surface area is 246 Å². The van der Waals surface area contributed by atoms with Crippen molar-refractivity contribution in [1.29, 1.82) is 5.41 Å². The number of nitrogens with two attached hydrogens (primary N) is 1. The van der Waals surface area contributed by atoms with Crippen molar-refractivity contribution in [2.75, 3.05) is 11.9 Å². The number of fused-ring (bicyclic) bond motifs is 5. The van der Waals surface area contributed by atoms with Gasteiger partial charge in [-0.3, -0.25) is 10.2 Å². The molecule has 0 radical (unpaired) electrons. The van der Waals surface area contributed by atoms with E-state index < -0.39 is 11.9 Å². The van der Waals surface area contributed by atoms with Crippen LogP contribution in [0.25, 0.3) is 32.8 Å². The van der Waals surface area contributed by atoms with Crippen LogP contribution in [0.3, 0.4) is 0 Å². The van der Waals surface area contributed by atoms with E-state index >= 15 is 0 Å². The maximum absolute atomic E-state index is 13.2. The number of aromatic nitrogens is 4. The van der Waals surface area contributed by atoms with Gasteiger partial charge in [0, 0.05) is 17.8 Å². The zero-order valence-electron chi connectivity index (χ0n) is 23.4. The van der Waals surface area contributed by atoms with Crippen LogP contribution in [0.5, 0.6) is 0 Å². The lowest BCUT2D eigenvalue weighted by atomic mass is 10.0. The maximum atomic E-state index is 13.2. The highest BCUT2D eigenvalue weighted by atomic mass is 16.6. The molecule has 216 valence electrons. The monoisotopic (exact) mass is 574 g/mol. The van der Waals surface area contributed by atoms with Gasteiger partial charge in [0.1, 0.15) is 11.6 Å². The summed E-state index contributed by atoms with van der Waals surface area (Å²) in [5.41, 5.74) is 9.36. The number of guanidine groups is 1. The molecule has 0 spiro atoms. The lowest BCUT2D eigenvalue weighted by molar-refractivity contribution is -0.195. The number of rotatable bonds is 6. The quantitative estimate of drug-likeness (QED) is 0.129. The first-order chi connectivity index (χ1) is 20.8. The summed E-state index contributed by atoms with van der Waals surface area (Å²) in [6, 6.07) is 25.2. The van der Waals surface area contributed by atoms with E-state index in [9.17, 15) is 9.90 Å². The number of imidazole rings is 2. The van der Waals surface area contributed by atoms with Gasteiger partial charge in [-0.05, 0) is 66.1 Å². The van der Waals surface area contributed by atoms with Crippen LogP contribution in [-0.4, -0.2) is 49.3 Å². The summed E-state index contributed by atoms with van der Waals surface area (Å²) in [7, 11) is 0. The number of aromatic amines is 1. The van der Waals surface area contributed by atoms with Crippen LogP contribution in [-0.2, 0) is 23.3 Å². The van der Waals surface area contributed by atoms with E-state index in [2.05, 4.69) is 39.9 Å². The van der Waals surface area contributed by atoms with Gasteiger partial charge in [0.25, 0.3) is 5.91 Å². The number of anilines is 1. The molecule has 6 aromatic rings. The smallest absolute Gasteiger partial charge is 0.251 e. The van der Waals surface area contributed by atoms with Gasteiger partial charge in [0.05, 0.1) is 28.6 Å². The Kier molecular flexibility index (Phi) is 6.33. The van der Waals surface area contributed by atoms with Gasteiger partial charge in [0.15, 0.2) is 17.9 Å². The van der Waals surface area contributed by atoms with Gasteiger partial charge < -0.3 is 35.8 Å². The number of nitrogens with zero attached hydrogens (tertiary/aromatic N) is 3. The number of H-pyrrole nitrogens is 1. The first kappa shape index (κ1) is 26.6.